The number of thioether (sulfide) groups is 1. The SMILES string of the molecule is COc1cc(Cl)c(C)cc1NC(=O)CSc1n[nH]c(C)n1. The Kier molecular flexibility index (Phi) is 5.08. The maximum atomic E-state index is 12.0. The molecule has 6 nitrogen and oxygen atoms in total. The van der Waals surface area contributed by atoms with E-state index in [0.717, 1.165) is 5.56 Å². The molecule has 2 rings (SSSR count). The average Bonchev–Trinajstić information content (AvgIpc) is 2.86. The Hall–Kier alpha value is -1.73. The van der Waals surface area contributed by atoms with E-state index in [1.807, 2.05) is 6.92 Å². The van der Waals surface area contributed by atoms with Gasteiger partial charge in [-0.05, 0) is 25.5 Å². The molecule has 0 aliphatic heterocycles. The lowest BCUT2D eigenvalue weighted by Gasteiger charge is -2.11. The number of methoxy groups -OCH3 is 1. The molecule has 0 saturated carbocycles. The predicted molar refractivity (Wildman–Crippen MR) is 83.2 cm³/mol. The molecule has 0 spiro atoms. The summed E-state index contributed by atoms with van der Waals surface area (Å²) in [4.78, 5) is 16.1. The van der Waals surface area contributed by atoms with Crippen LogP contribution in [0.5, 0.6) is 5.75 Å². The number of halogens is 1. The number of hydrogen-bond donors (Lipinski definition) is 2. The van der Waals surface area contributed by atoms with Gasteiger partial charge in [-0.2, -0.15) is 0 Å². The molecule has 0 saturated heterocycles. The predicted octanol–water partition coefficient (Wildman–Crippen LogP) is 2.81. The maximum Gasteiger partial charge on any atom is 0.234 e. The molecule has 0 radical (unpaired) electrons. The number of rotatable bonds is 5. The van der Waals surface area contributed by atoms with E-state index in [0.29, 0.717) is 27.4 Å². The van der Waals surface area contributed by atoms with Gasteiger partial charge in [0.25, 0.3) is 0 Å². The van der Waals surface area contributed by atoms with Crippen molar-refractivity contribution in [1.29, 1.82) is 0 Å². The molecule has 1 heterocycles. The van der Waals surface area contributed by atoms with Crippen molar-refractivity contribution < 1.29 is 9.53 Å². The molecular weight excluding hydrogens is 312 g/mol. The first kappa shape index (κ1) is 15.7. The van der Waals surface area contributed by atoms with Crippen molar-refractivity contribution >= 4 is 35.0 Å². The number of ether oxygens (including phenoxy) is 1. The molecular formula is C13H15ClN4O2S. The van der Waals surface area contributed by atoms with Crippen LogP contribution in [0.15, 0.2) is 17.3 Å². The van der Waals surface area contributed by atoms with Crippen LogP contribution in [0.3, 0.4) is 0 Å². The van der Waals surface area contributed by atoms with Crippen LogP contribution in [0, 0.1) is 13.8 Å². The summed E-state index contributed by atoms with van der Waals surface area (Å²) in [5, 5.41) is 10.6. The number of benzene rings is 1. The van der Waals surface area contributed by atoms with Crippen LogP contribution in [-0.4, -0.2) is 34.0 Å². The molecule has 0 atom stereocenters. The first-order valence-corrected chi connectivity index (χ1v) is 7.51. The number of nitrogens with one attached hydrogen (secondary N) is 2. The number of carbonyl (C=O) groups excluding carboxylic acids is 1. The van der Waals surface area contributed by atoms with Crippen LogP contribution in [0.1, 0.15) is 11.4 Å². The smallest absolute Gasteiger partial charge is 0.234 e. The van der Waals surface area contributed by atoms with Crippen molar-refractivity contribution in [3.05, 3.63) is 28.5 Å². The molecule has 0 aliphatic rings. The van der Waals surface area contributed by atoms with Gasteiger partial charge in [0.2, 0.25) is 11.1 Å². The van der Waals surface area contributed by atoms with E-state index in [4.69, 9.17) is 16.3 Å². The third-order valence-corrected chi connectivity index (χ3v) is 3.92. The Morgan fingerprint density at radius 2 is 2.24 bits per heavy atom. The van der Waals surface area contributed by atoms with E-state index in [1.165, 1.54) is 18.9 Å². The number of aryl methyl sites for hydroxylation is 2. The second kappa shape index (κ2) is 6.82. The molecule has 21 heavy (non-hydrogen) atoms. The summed E-state index contributed by atoms with van der Waals surface area (Å²) in [6.07, 6.45) is 0. The minimum Gasteiger partial charge on any atom is -0.495 e. The van der Waals surface area contributed by atoms with Gasteiger partial charge >= 0.3 is 0 Å². The molecule has 2 aromatic rings. The second-order valence-corrected chi connectivity index (χ2v) is 5.69. The number of H-pyrrole nitrogens is 1. The Morgan fingerprint density at radius 3 is 2.86 bits per heavy atom. The van der Waals surface area contributed by atoms with Gasteiger partial charge in [-0.25, -0.2) is 4.98 Å². The first-order chi connectivity index (χ1) is 9.99. The Morgan fingerprint density at radius 1 is 1.48 bits per heavy atom. The van der Waals surface area contributed by atoms with Gasteiger partial charge in [0.15, 0.2) is 0 Å². The molecule has 1 aromatic heterocycles. The van der Waals surface area contributed by atoms with Gasteiger partial charge < -0.3 is 10.1 Å². The van der Waals surface area contributed by atoms with E-state index in [-0.39, 0.29) is 11.7 Å². The molecule has 0 bridgehead atoms. The lowest BCUT2D eigenvalue weighted by Crippen LogP contribution is -2.15. The van der Waals surface area contributed by atoms with E-state index < -0.39 is 0 Å². The number of aromatic amines is 1. The number of amides is 1. The summed E-state index contributed by atoms with van der Waals surface area (Å²) < 4.78 is 5.21. The molecule has 8 heteroatoms. The molecule has 0 unspecified atom stereocenters. The van der Waals surface area contributed by atoms with Crippen LogP contribution in [0.25, 0.3) is 0 Å². The highest BCUT2D eigenvalue weighted by Crippen LogP contribution is 2.31. The second-order valence-electron chi connectivity index (χ2n) is 4.34. The monoisotopic (exact) mass is 326 g/mol. The maximum absolute atomic E-state index is 12.0. The molecule has 0 aliphatic carbocycles. The summed E-state index contributed by atoms with van der Waals surface area (Å²) in [6, 6.07) is 3.46. The third kappa shape index (κ3) is 4.12. The fourth-order valence-corrected chi connectivity index (χ4v) is 2.43. The highest BCUT2D eigenvalue weighted by molar-refractivity contribution is 7.99. The first-order valence-electron chi connectivity index (χ1n) is 6.15. The van der Waals surface area contributed by atoms with Crippen LogP contribution in [0.2, 0.25) is 5.02 Å². The zero-order chi connectivity index (χ0) is 15.4. The van der Waals surface area contributed by atoms with Gasteiger partial charge in [0.05, 0.1) is 18.6 Å². The van der Waals surface area contributed by atoms with Gasteiger partial charge in [-0.1, -0.05) is 23.4 Å². The van der Waals surface area contributed by atoms with Crippen molar-refractivity contribution in [2.24, 2.45) is 0 Å². The highest BCUT2D eigenvalue weighted by atomic mass is 35.5. The zero-order valence-corrected chi connectivity index (χ0v) is 13.4. The third-order valence-electron chi connectivity index (χ3n) is 2.66. The van der Waals surface area contributed by atoms with Crippen molar-refractivity contribution in [2.75, 3.05) is 18.2 Å². The number of aromatic nitrogens is 3. The zero-order valence-electron chi connectivity index (χ0n) is 11.9. The Labute approximate surface area is 131 Å². The number of hydrogen-bond acceptors (Lipinski definition) is 5. The quantitative estimate of drug-likeness (QED) is 0.826. The summed E-state index contributed by atoms with van der Waals surface area (Å²) in [5.41, 5.74) is 1.46. The fourth-order valence-electron chi connectivity index (χ4n) is 1.63. The molecule has 1 aromatic carbocycles. The molecule has 0 fully saturated rings. The van der Waals surface area contributed by atoms with Gasteiger partial charge in [0.1, 0.15) is 11.6 Å². The van der Waals surface area contributed by atoms with Gasteiger partial charge in [0, 0.05) is 11.1 Å². The van der Waals surface area contributed by atoms with E-state index in [2.05, 4.69) is 20.5 Å². The van der Waals surface area contributed by atoms with Crippen LogP contribution >= 0.6 is 23.4 Å². The average molecular weight is 327 g/mol. The summed E-state index contributed by atoms with van der Waals surface area (Å²) in [6.45, 7) is 3.67. The van der Waals surface area contributed by atoms with Crippen molar-refractivity contribution in [3.63, 3.8) is 0 Å². The van der Waals surface area contributed by atoms with E-state index in [9.17, 15) is 4.79 Å². The number of nitrogens with zero attached hydrogens (tertiary/aromatic N) is 2. The summed E-state index contributed by atoms with van der Waals surface area (Å²) >= 11 is 7.28. The van der Waals surface area contributed by atoms with Crippen LogP contribution < -0.4 is 10.1 Å². The normalized spacial score (nSPS) is 10.5. The van der Waals surface area contributed by atoms with Crippen LogP contribution in [0.4, 0.5) is 5.69 Å². The Bertz CT molecular complexity index is 660. The van der Waals surface area contributed by atoms with Crippen molar-refractivity contribution in [2.45, 2.75) is 19.0 Å². The summed E-state index contributed by atoms with van der Waals surface area (Å²) in [5.74, 6) is 1.29. The number of carbonyl (C=O) groups is 1. The molecule has 2 N–H and O–H groups in total. The highest BCUT2D eigenvalue weighted by Gasteiger charge is 2.11. The largest absolute Gasteiger partial charge is 0.495 e. The van der Waals surface area contributed by atoms with Crippen LogP contribution in [-0.2, 0) is 4.79 Å². The van der Waals surface area contributed by atoms with Crippen molar-refractivity contribution in [1.82, 2.24) is 15.2 Å². The Balaban J connectivity index is 2.00. The van der Waals surface area contributed by atoms with E-state index in [1.54, 1.807) is 19.1 Å². The fraction of sp³-hybridized carbons (Fsp3) is 0.308. The minimum atomic E-state index is -0.164. The topological polar surface area (TPSA) is 79.9 Å². The van der Waals surface area contributed by atoms with Gasteiger partial charge in [-0.3, -0.25) is 9.89 Å². The van der Waals surface area contributed by atoms with Gasteiger partial charge in [-0.15, -0.1) is 5.10 Å². The standard InChI is InChI=1S/C13H15ClN4O2S/c1-7-4-10(11(20-3)5-9(7)14)16-12(19)6-21-13-15-8(2)17-18-13/h4-5H,6H2,1-3H3,(H,16,19)(H,15,17,18). The summed E-state index contributed by atoms with van der Waals surface area (Å²) in [7, 11) is 1.53. The number of anilines is 1. The molecule has 112 valence electrons. The van der Waals surface area contributed by atoms with Crippen molar-refractivity contribution in [3.8, 4) is 5.75 Å². The lowest BCUT2D eigenvalue weighted by atomic mass is 10.2. The minimum absolute atomic E-state index is 0.164. The molecule has 1 amide bonds. The van der Waals surface area contributed by atoms with E-state index >= 15 is 0 Å². The lowest BCUT2D eigenvalue weighted by molar-refractivity contribution is -0.113.